The average Bonchev–Trinajstić information content (AvgIpc) is 2.46. The van der Waals surface area contributed by atoms with Crippen molar-refractivity contribution >= 4 is 11.8 Å². The fraction of sp³-hybridized carbons (Fsp3) is 0.133. The molecule has 2 aromatic rings. The smallest absolute Gasteiger partial charge is 0.420 e. The molecule has 0 saturated carbocycles. The zero-order valence-corrected chi connectivity index (χ0v) is 10.9. The molecule has 1 heterocycles. The van der Waals surface area contributed by atoms with Crippen LogP contribution in [0.2, 0.25) is 0 Å². The monoisotopic (exact) mass is 271 g/mol. The second kappa shape index (κ2) is 4.77. The maximum absolute atomic E-state index is 12.0. The summed E-state index contributed by atoms with van der Waals surface area (Å²) in [6.07, 6.45) is -0.465. The molecule has 1 aliphatic rings. The highest BCUT2D eigenvalue weighted by Crippen LogP contribution is 2.32. The molecule has 5 nitrogen and oxygen atoms in total. The fourth-order valence-electron chi connectivity index (χ4n) is 2.11. The van der Waals surface area contributed by atoms with Gasteiger partial charge in [-0.3, -0.25) is 4.90 Å². The number of amides is 1. The number of fused-ring (bicyclic) bond motifs is 1. The summed E-state index contributed by atoms with van der Waals surface area (Å²) in [6.45, 7) is 0.404. The van der Waals surface area contributed by atoms with Crippen LogP contribution in [0.5, 0.6) is 17.2 Å². The van der Waals surface area contributed by atoms with Gasteiger partial charge >= 0.3 is 6.09 Å². The van der Waals surface area contributed by atoms with E-state index in [-0.39, 0.29) is 5.75 Å². The largest absolute Gasteiger partial charge is 0.508 e. The minimum Gasteiger partial charge on any atom is -0.508 e. The Morgan fingerprint density at radius 1 is 1.20 bits per heavy atom. The molecule has 20 heavy (non-hydrogen) atoms. The number of phenols is 1. The van der Waals surface area contributed by atoms with E-state index in [0.717, 1.165) is 17.0 Å². The Labute approximate surface area is 116 Å². The number of aromatic hydroxyl groups is 1. The molecular formula is C15H13NO4. The molecule has 102 valence electrons. The molecule has 0 radical (unpaired) electrons. The lowest BCUT2D eigenvalue weighted by atomic mass is 10.1. The lowest BCUT2D eigenvalue weighted by molar-refractivity contribution is 0.202. The van der Waals surface area contributed by atoms with E-state index in [9.17, 15) is 9.90 Å². The van der Waals surface area contributed by atoms with Gasteiger partial charge in [0.15, 0.2) is 0 Å². The number of anilines is 1. The van der Waals surface area contributed by atoms with E-state index in [1.807, 2.05) is 0 Å². The number of hydrogen-bond acceptors (Lipinski definition) is 4. The van der Waals surface area contributed by atoms with Crippen molar-refractivity contribution in [2.75, 3.05) is 12.0 Å². The van der Waals surface area contributed by atoms with Crippen LogP contribution < -0.4 is 14.4 Å². The average molecular weight is 271 g/mol. The van der Waals surface area contributed by atoms with E-state index in [0.29, 0.717) is 12.3 Å². The summed E-state index contributed by atoms with van der Waals surface area (Å²) in [5.41, 5.74) is 1.58. The van der Waals surface area contributed by atoms with Gasteiger partial charge in [0.1, 0.15) is 17.2 Å². The first-order valence-electron chi connectivity index (χ1n) is 6.12. The Morgan fingerprint density at radius 3 is 2.65 bits per heavy atom. The van der Waals surface area contributed by atoms with E-state index in [2.05, 4.69) is 0 Å². The molecular weight excluding hydrogens is 258 g/mol. The molecule has 1 amide bonds. The summed E-state index contributed by atoms with van der Waals surface area (Å²) < 4.78 is 10.3. The number of benzene rings is 2. The van der Waals surface area contributed by atoms with Crippen LogP contribution in [0.4, 0.5) is 10.5 Å². The zero-order valence-electron chi connectivity index (χ0n) is 10.9. The second-order valence-corrected chi connectivity index (χ2v) is 4.44. The lowest BCUT2D eigenvalue weighted by Crippen LogP contribution is -2.36. The summed E-state index contributed by atoms with van der Waals surface area (Å²) in [6, 6.07) is 11.9. The van der Waals surface area contributed by atoms with Gasteiger partial charge in [-0.25, -0.2) is 4.79 Å². The molecule has 5 heteroatoms. The van der Waals surface area contributed by atoms with E-state index < -0.39 is 6.09 Å². The fourth-order valence-corrected chi connectivity index (χ4v) is 2.11. The molecule has 2 aromatic carbocycles. The van der Waals surface area contributed by atoms with Crippen molar-refractivity contribution in [3.63, 3.8) is 0 Å². The van der Waals surface area contributed by atoms with Gasteiger partial charge in [-0.15, -0.1) is 0 Å². The summed E-state index contributed by atoms with van der Waals surface area (Å²) in [5.74, 6) is 1.21. The number of methoxy groups -OCH3 is 1. The van der Waals surface area contributed by atoms with Gasteiger partial charge in [-0.1, -0.05) is 0 Å². The van der Waals surface area contributed by atoms with Crippen molar-refractivity contribution < 1.29 is 19.4 Å². The van der Waals surface area contributed by atoms with Crippen molar-refractivity contribution in [2.45, 2.75) is 6.54 Å². The number of carbonyl (C=O) groups excluding carboxylic acids is 1. The first-order valence-corrected chi connectivity index (χ1v) is 6.12. The summed E-state index contributed by atoms with van der Waals surface area (Å²) in [4.78, 5) is 13.5. The van der Waals surface area contributed by atoms with Crippen LogP contribution in [0.1, 0.15) is 5.56 Å². The predicted octanol–water partition coefficient (Wildman–Crippen LogP) is 2.92. The van der Waals surface area contributed by atoms with Gasteiger partial charge in [0.25, 0.3) is 0 Å². The van der Waals surface area contributed by atoms with Crippen molar-refractivity contribution in [1.82, 2.24) is 0 Å². The van der Waals surface area contributed by atoms with Crippen LogP contribution in [0.3, 0.4) is 0 Å². The van der Waals surface area contributed by atoms with Crippen molar-refractivity contribution in [1.29, 1.82) is 0 Å². The standard InChI is InChI=1S/C15H13NO4/c1-19-13-6-3-11(4-7-13)16-9-10-2-5-12(17)8-14(10)20-15(16)18/h2-8,17H,9H2,1H3. The number of hydrogen-bond donors (Lipinski definition) is 1. The van der Waals surface area contributed by atoms with Gasteiger partial charge < -0.3 is 14.6 Å². The maximum Gasteiger partial charge on any atom is 0.420 e. The number of phenolic OH excluding ortho intramolecular Hbond substituents is 1. The minimum absolute atomic E-state index is 0.0782. The van der Waals surface area contributed by atoms with Gasteiger partial charge in [-0.2, -0.15) is 0 Å². The van der Waals surface area contributed by atoms with E-state index in [1.165, 1.54) is 11.0 Å². The van der Waals surface area contributed by atoms with Gasteiger partial charge in [-0.05, 0) is 36.4 Å². The maximum atomic E-state index is 12.0. The molecule has 3 rings (SSSR count). The first kappa shape index (κ1) is 12.3. The number of nitrogens with zero attached hydrogens (tertiary/aromatic N) is 1. The van der Waals surface area contributed by atoms with Crippen LogP contribution in [0, 0.1) is 0 Å². The normalized spacial score (nSPS) is 13.7. The molecule has 1 aliphatic heterocycles. The van der Waals surface area contributed by atoms with E-state index in [1.54, 1.807) is 43.5 Å². The Hall–Kier alpha value is -2.69. The Kier molecular flexibility index (Phi) is 2.95. The molecule has 0 aliphatic carbocycles. The molecule has 0 spiro atoms. The third-order valence-electron chi connectivity index (χ3n) is 3.18. The molecule has 0 fully saturated rings. The number of ether oxygens (including phenoxy) is 2. The molecule has 0 atom stereocenters. The molecule has 0 saturated heterocycles. The van der Waals surface area contributed by atoms with Crippen LogP contribution >= 0.6 is 0 Å². The Morgan fingerprint density at radius 2 is 1.95 bits per heavy atom. The van der Waals surface area contributed by atoms with Gasteiger partial charge in [0.2, 0.25) is 0 Å². The second-order valence-electron chi connectivity index (χ2n) is 4.44. The van der Waals surface area contributed by atoms with Crippen LogP contribution in [0.25, 0.3) is 0 Å². The van der Waals surface area contributed by atoms with Crippen LogP contribution in [-0.2, 0) is 6.54 Å². The van der Waals surface area contributed by atoms with Crippen molar-refractivity contribution in [2.24, 2.45) is 0 Å². The van der Waals surface area contributed by atoms with Gasteiger partial charge in [0, 0.05) is 17.3 Å². The Balaban J connectivity index is 1.91. The Bertz CT molecular complexity index is 651. The lowest BCUT2D eigenvalue weighted by Gasteiger charge is -2.28. The molecule has 0 aromatic heterocycles. The summed E-state index contributed by atoms with van der Waals surface area (Å²) >= 11 is 0. The third kappa shape index (κ3) is 2.14. The summed E-state index contributed by atoms with van der Waals surface area (Å²) in [7, 11) is 1.59. The third-order valence-corrected chi connectivity index (χ3v) is 3.18. The summed E-state index contributed by atoms with van der Waals surface area (Å²) in [5, 5.41) is 9.40. The highest BCUT2D eigenvalue weighted by molar-refractivity contribution is 5.91. The zero-order chi connectivity index (χ0) is 14.1. The number of carbonyl (C=O) groups is 1. The SMILES string of the molecule is COc1ccc(N2Cc3ccc(O)cc3OC2=O)cc1. The first-order chi connectivity index (χ1) is 9.67. The molecule has 1 N–H and O–H groups in total. The predicted molar refractivity (Wildman–Crippen MR) is 73.3 cm³/mol. The highest BCUT2D eigenvalue weighted by Gasteiger charge is 2.26. The van der Waals surface area contributed by atoms with E-state index >= 15 is 0 Å². The van der Waals surface area contributed by atoms with Crippen molar-refractivity contribution in [3.05, 3.63) is 48.0 Å². The van der Waals surface area contributed by atoms with Crippen LogP contribution in [0.15, 0.2) is 42.5 Å². The quantitative estimate of drug-likeness (QED) is 0.912. The number of rotatable bonds is 2. The molecule has 0 bridgehead atoms. The highest BCUT2D eigenvalue weighted by atomic mass is 16.6. The minimum atomic E-state index is -0.465. The molecule has 0 unspecified atom stereocenters. The van der Waals surface area contributed by atoms with E-state index in [4.69, 9.17) is 9.47 Å². The van der Waals surface area contributed by atoms with Gasteiger partial charge in [0.05, 0.1) is 13.7 Å². The topological polar surface area (TPSA) is 59.0 Å². The van der Waals surface area contributed by atoms with Crippen molar-refractivity contribution in [3.8, 4) is 17.2 Å². The van der Waals surface area contributed by atoms with Crippen LogP contribution in [-0.4, -0.2) is 18.3 Å².